The largest absolute Gasteiger partial charge is 0.389 e. The second-order valence-electron chi connectivity index (χ2n) is 3.83. The Kier molecular flexibility index (Phi) is 3.84. The minimum Gasteiger partial charge on any atom is -0.389 e. The summed E-state index contributed by atoms with van der Waals surface area (Å²) in [5.74, 6) is 0.578. The van der Waals surface area contributed by atoms with Crippen LogP contribution in [0, 0.1) is 0 Å². The lowest BCUT2D eigenvalue weighted by molar-refractivity contribution is 1.03. The molecule has 0 bridgehead atoms. The Morgan fingerprint density at radius 1 is 1.28 bits per heavy atom. The highest BCUT2D eigenvalue weighted by molar-refractivity contribution is 7.80. The molecule has 5 heteroatoms. The van der Waals surface area contributed by atoms with Crippen LogP contribution in [0.4, 0.5) is 11.5 Å². The third-order valence-electron chi connectivity index (χ3n) is 2.61. The summed E-state index contributed by atoms with van der Waals surface area (Å²) < 4.78 is 0. The zero-order valence-electron chi connectivity index (χ0n) is 10.1. The lowest BCUT2D eigenvalue weighted by atomic mass is 10.1. The summed E-state index contributed by atoms with van der Waals surface area (Å²) in [4.78, 5) is 0.303. The first-order valence-corrected chi connectivity index (χ1v) is 6.09. The normalized spacial score (nSPS) is 10.1. The number of rotatable bonds is 4. The fourth-order valence-corrected chi connectivity index (χ4v) is 1.75. The molecule has 1 aromatic heterocycles. The van der Waals surface area contributed by atoms with Gasteiger partial charge in [0.25, 0.3) is 0 Å². The molecule has 0 aliphatic carbocycles. The van der Waals surface area contributed by atoms with Gasteiger partial charge >= 0.3 is 0 Å². The van der Waals surface area contributed by atoms with Crippen molar-refractivity contribution in [3.8, 4) is 0 Å². The van der Waals surface area contributed by atoms with Gasteiger partial charge in [0.15, 0.2) is 5.82 Å². The quantitative estimate of drug-likeness (QED) is 0.825. The summed E-state index contributed by atoms with van der Waals surface area (Å²) >= 11 is 4.98. The molecular formula is C13H14N4S. The Labute approximate surface area is 111 Å². The number of nitrogens with zero attached hydrogens (tertiary/aromatic N) is 2. The van der Waals surface area contributed by atoms with Gasteiger partial charge in [-0.15, -0.1) is 5.10 Å². The zero-order chi connectivity index (χ0) is 13.0. The summed E-state index contributed by atoms with van der Waals surface area (Å²) in [6, 6.07) is 9.88. The van der Waals surface area contributed by atoms with Crippen molar-refractivity contribution in [1.29, 1.82) is 0 Å². The summed E-state index contributed by atoms with van der Waals surface area (Å²) in [7, 11) is 0. The first-order chi connectivity index (χ1) is 8.70. The van der Waals surface area contributed by atoms with Gasteiger partial charge in [0.2, 0.25) is 0 Å². The predicted molar refractivity (Wildman–Crippen MR) is 77.0 cm³/mol. The van der Waals surface area contributed by atoms with E-state index in [-0.39, 0.29) is 0 Å². The summed E-state index contributed by atoms with van der Waals surface area (Å²) in [5, 5.41) is 11.0. The molecule has 92 valence electrons. The fourth-order valence-electron chi connectivity index (χ4n) is 1.58. The Bertz CT molecular complexity index is 551. The standard InChI is InChI=1S/C13H14N4S/c1-2-9-3-5-10(6-4-9)16-13-11(12(14)18)7-8-15-17-13/h3-8H,2H2,1H3,(H2,14,18)(H,16,17). The van der Waals surface area contributed by atoms with E-state index in [1.807, 2.05) is 12.1 Å². The van der Waals surface area contributed by atoms with E-state index in [0.717, 1.165) is 12.1 Å². The molecule has 0 unspecified atom stereocenters. The molecule has 0 saturated carbocycles. The van der Waals surface area contributed by atoms with Crippen LogP contribution in [0.2, 0.25) is 0 Å². The van der Waals surface area contributed by atoms with E-state index in [9.17, 15) is 0 Å². The van der Waals surface area contributed by atoms with Gasteiger partial charge in [0, 0.05) is 5.69 Å². The number of hydrogen-bond donors (Lipinski definition) is 2. The van der Waals surface area contributed by atoms with Gasteiger partial charge in [-0.1, -0.05) is 31.3 Å². The minimum absolute atomic E-state index is 0.303. The Hall–Kier alpha value is -2.01. The van der Waals surface area contributed by atoms with Crippen LogP contribution < -0.4 is 11.1 Å². The third kappa shape index (κ3) is 2.81. The van der Waals surface area contributed by atoms with Crippen LogP contribution in [0.3, 0.4) is 0 Å². The van der Waals surface area contributed by atoms with E-state index >= 15 is 0 Å². The van der Waals surface area contributed by atoms with Gasteiger partial charge in [-0.2, -0.15) is 5.10 Å². The molecule has 1 heterocycles. The first-order valence-electron chi connectivity index (χ1n) is 5.68. The van der Waals surface area contributed by atoms with Crippen LogP contribution in [0.1, 0.15) is 18.1 Å². The fraction of sp³-hybridized carbons (Fsp3) is 0.154. The molecule has 0 amide bonds. The van der Waals surface area contributed by atoms with E-state index in [2.05, 4.69) is 34.6 Å². The van der Waals surface area contributed by atoms with Crippen LogP contribution in [0.15, 0.2) is 36.5 Å². The number of anilines is 2. The van der Waals surface area contributed by atoms with Crippen LogP contribution in [-0.2, 0) is 6.42 Å². The molecule has 0 saturated heterocycles. The van der Waals surface area contributed by atoms with Crippen LogP contribution in [-0.4, -0.2) is 15.2 Å². The lowest BCUT2D eigenvalue weighted by Crippen LogP contribution is -2.13. The minimum atomic E-state index is 0.303. The summed E-state index contributed by atoms with van der Waals surface area (Å²) in [6.07, 6.45) is 2.59. The SMILES string of the molecule is CCc1ccc(Nc2nnccc2C(N)=S)cc1. The van der Waals surface area contributed by atoms with Crippen molar-refractivity contribution in [2.75, 3.05) is 5.32 Å². The van der Waals surface area contributed by atoms with Crippen molar-refractivity contribution in [1.82, 2.24) is 10.2 Å². The number of thiocarbonyl (C=S) groups is 1. The third-order valence-corrected chi connectivity index (χ3v) is 2.83. The highest BCUT2D eigenvalue weighted by atomic mass is 32.1. The average Bonchev–Trinajstić information content (AvgIpc) is 2.40. The molecule has 0 radical (unpaired) electrons. The van der Waals surface area contributed by atoms with E-state index in [1.54, 1.807) is 12.3 Å². The highest BCUT2D eigenvalue weighted by Crippen LogP contribution is 2.18. The van der Waals surface area contributed by atoms with Crippen LogP contribution in [0.25, 0.3) is 0 Å². The van der Waals surface area contributed by atoms with Crippen molar-refractivity contribution in [3.63, 3.8) is 0 Å². The number of nitrogens with two attached hydrogens (primary N) is 1. The maximum Gasteiger partial charge on any atom is 0.163 e. The van der Waals surface area contributed by atoms with E-state index in [4.69, 9.17) is 18.0 Å². The molecule has 18 heavy (non-hydrogen) atoms. The van der Waals surface area contributed by atoms with Crippen molar-refractivity contribution < 1.29 is 0 Å². The Morgan fingerprint density at radius 3 is 2.61 bits per heavy atom. The monoisotopic (exact) mass is 258 g/mol. The number of aromatic nitrogens is 2. The van der Waals surface area contributed by atoms with Crippen LogP contribution >= 0.6 is 12.2 Å². The Morgan fingerprint density at radius 2 is 2.00 bits per heavy atom. The molecule has 0 spiro atoms. The highest BCUT2D eigenvalue weighted by Gasteiger charge is 2.06. The molecule has 2 rings (SSSR count). The summed E-state index contributed by atoms with van der Waals surface area (Å²) in [6.45, 7) is 2.12. The van der Waals surface area contributed by atoms with Gasteiger partial charge in [-0.25, -0.2) is 0 Å². The molecule has 2 aromatic rings. The number of hydrogen-bond acceptors (Lipinski definition) is 4. The van der Waals surface area contributed by atoms with Gasteiger partial charge < -0.3 is 11.1 Å². The molecule has 0 aliphatic rings. The molecule has 3 N–H and O–H groups in total. The maximum atomic E-state index is 5.64. The van der Waals surface area contributed by atoms with E-state index in [1.165, 1.54) is 5.56 Å². The lowest BCUT2D eigenvalue weighted by Gasteiger charge is -2.09. The average molecular weight is 258 g/mol. The summed E-state index contributed by atoms with van der Waals surface area (Å²) in [5.41, 5.74) is 8.55. The zero-order valence-corrected chi connectivity index (χ0v) is 10.9. The van der Waals surface area contributed by atoms with Crippen molar-refractivity contribution >= 4 is 28.7 Å². The maximum absolute atomic E-state index is 5.64. The van der Waals surface area contributed by atoms with Gasteiger partial charge in [0.1, 0.15) is 4.99 Å². The number of benzene rings is 1. The smallest absolute Gasteiger partial charge is 0.163 e. The predicted octanol–water partition coefficient (Wildman–Crippen LogP) is 2.42. The second-order valence-corrected chi connectivity index (χ2v) is 4.27. The first kappa shape index (κ1) is 12.4. The molecular weight excluding hydrogens is 244 g/mol. The molecule has 0 fully saturated rings. The number of nitrogens with one attached hydrogen (secondary N) is 1. The van der Waals surface area contributed by atoms with Gasteiger partial charge in [-0.3, -0.25) is 0 Å². The Balaban J connectivity index is 2.25. The second kappa shape index (κ2) is 5.55. The molecule has 0 atom stereocenters. The van der Waals surface area contributed by atoms with Crippen LogP contribution in [0.5, 0.6) is 0 Å². The van der Waals surface area contributed by atoms with E-state index in [0.29, 0.717) is 16.4 Å². The molecule has 1 aromatic carbocycles. The van der Waals surface area contributed by atoms with Gasteiger partial charge in [-0.05, 0) is 30.2 Å². The van der Waals surface area contributed by atoms with Crippen molar-refractivity contribution in [2.24, 2.45) is 5.73 Å². The van der Waals surface area contributed by atoms with Gasteiger partial charge in [0.05, 0.1) is 11.8 Å². The molecule has 4 nitrogen and oxygen atoms in total. The van der Waals surface area contributed by atoms with Crippen molar-refractivity contribution in [2.45, 2.75) is 13.3 Å². The van der Waals surface area contributed by atoms with E-state index < -0.39 is 0 Å². The topological polar surface area (TPSA) is 63.8 Å². The van der Waals surface area contributed by atoms with Crippen molar-refractivity contribution in [3.05, 3.63) is 47.7 Å². The number of aryl methyl sites for hydroxylation is 1. The molecule has 0 aliphatic heterocycles.